The second kappa shape index (κ2) is 6.54. The third kappa shape index (κ3) is 2.89. The van der Waals surface area contributed by atoms with E-state index in [1.165, 1.54) is 0 Å². The summed E-state index contributed by atoms with van der Waals surface area (Å²) >= 11 is 5.94. The predicted molar refractivity (Wildman–Crippen MR) is 101 cm³/mol. The zero-order valence-corrected chi connectivity index (χ0v) is 14.4. The Hall–Kier alpha value is -3.31. The monoisotopic (exact) mass is 363 g/mol. The minimum atomic E-state index is -0.461. The molecule has 4 rings (SSSR count). The van der Waals surface area contributed by atoms with Crippen LogP contribution in [0.4, 0.5) is 10.5 Å². The summed E-state index contributed by atoms with van der Waals surface area (Å²) in [6.45, 7) is 0. The van der Waals surface area contributed by atoms with Gasteiger partial charge in [0, 0.05) is 22.6 Å². The fourth-order valence-electron chi connectivity index (χ4n) is 2.84. The van der Waals surface area contributed by atoms with Gasteiger partial charge in [-0.25, -0.2) is 9.69 Å². The number of para-hydroxylation sites is 1. The Kier molecular flexibility index (Phi) is 4.07. The van der Waals surface area contributed by atoms with Gasteiger partial charge in [0.15, 0.2) is 0 Å². The van der Waals surface area contributed by atoms with E-state index in [2.05, 4.69) is 5.32 Å². The van der Waals surface area contributed by atoms with Crippen molar-refractivity contribution in [3.05, 3.63) is 89.3 Å². The quantitative estimate of drug-likeness (QED) is 0.559. The van der Waals surface area contributed by atoms with Gasteiger partial charge in [-0.2, -0.15) is 0 Å². The maximum absolute atomic E-state index is 12.7. The van der Waals surface area contributed by atoms with E-state index in [9.17, 15) is 9.59 Å². The van der Waals surface area contributed by atoms with Crippen LogP contribution in [0.15, 0.2) is 78.6 Å². The molecule has 128 valence electrons. The SMILES string of the molecule is O=C1N/C(=C/c2cccn2-c2ccc(Cl)cc2)C(=O)N1c1ccccc1. The summed E-state index contributed by atoms with van der Waals surface area (Å²) in [7, 11) is 0. The Bertz CT molecular complexity index is 1010. The minimum Gasteiger partial charge on any atom is -0.317 e. The number of carbonyl (C=O) groups excluding carboxylic acids is 2. The van der Waals surface area contributed by atoms with Crippen molar-refractivity contribution < 1.29 is 9.59 Å². The number of anilines is 1. The first-order valence-electron chi connectivity index (χ1n) is 7.99. The van der Waals surface area contributed by atoms with Gasteiger partial charge in [-0.05, 0) is 54.6 Å². The molecule has 0 atom stereocenters. The Labute approximate surface area is 155 Å². The molecule has 1 fully saturated rings. The van der Waals surface area contributed by atoms with E-state index in [1.54, 1.807) is 42.5 Å². The number of hydrogen-bond donors (Lipinski definition) is 1. The van der Waals surface area contributed by atoms with E-state index in [4.69, 9.17) is 11.6 Å². The molecule has 1 aliphatic heterocycles. The standard InChI is InChI=1S/C20H14ClN3O2/c21-14-8-10-15(11-9-14)23-12-4-7-17(23)13-18-19(25)24(20(26)22-18)16-5-2-1-3-6-16/h1-13H,(H,22,26)/b18-13+. The maximum atomic E-state index is 12.7. The van der Waals surface area contributed by atoms with Crippen molar-refractivity contribution in [3.63, 3.8) is 0 Å². The van der Waals surface area contributed by atoms with E-state index in [0.29, 0.717) is 10.7 Å². The van der Waals surface area contributed by atoms with Crippen LogP contribution < -0.4 is 10.2 Å². The van der Waals surface area contributed by atoms with Gasteiger partial charge in [0.2, 0.25) is 0 Å². The number of aromatic nitrogens is 1. The number of amides is 3. The molecule has 1 aliphatic rings. The van der Waals surface area contributed by atoms with Crippen LogP contribution in [0.5, 0.6) is 0 Å². The normalized spacial score (nSPS) is 15.6. The van der Waals surface area contributed by atoms with E-state index in [0.717, 1.165) is 16.3 Å². The van der Waals surface area contributed by atoms with Crippen molar-refractivity contribution in [2.45, 2.75) is 0 Å². The molecular weight excluding hydrogens is 350 g/mol. The van der Waals surface area contributed by atoms with Gasteiger partial charge < -0.3 is 9.88 Å². The van der Waals surface area contributed by atoms with Gasteiger partial charge in [-0.3, -0.25) is 4.79 Å². The number of imide groups is 1. The third-order valence-corrected chi connectivity index (χ3v) is 4.32. The number of benzene rings is 2. The van der Waals surface area contributed by atoms with E-state index >= 15 is 0 Å². The second-order valence-electron chi connectivity index (χ2n) is 5.74. The summed E-state index contributed by atoms with van der Waals surface area (Å²) < 4.78 is 1.91. The van der Waals surface area contributed by atoms with Crippen molar-refractivity contribution in [2.24, 2.45) is 0 Å². The highest BCUT2D eigenvalue weighted by molar-refractivity contribution is 6.30. The van der Waals surface area contributed by atoms with Crippen molar-refractivity contribution in [2.75, 3.05) is 4.90 Å². The molecule has 5 nitrogen and oxygen atoms in total. The van der Waals surface area contributed by atoms with Gasteiger partial charge in [0.25, 0.3) is 5.91 Å². The number of halogens is 1. The van der Waals surface area contributed by atoms with Crippen LogP contribution in [0.1, 0.15) is 5.69 Å². The first-order valence-corrected chi connectivity index (χ1v) is 8.37. The Morgan fingerprint density at radius 2 is 1.58 bits per heavy atom. The van der Waals surface area contributed by atoms with Crippen LogP contribution in [-0.4, -0.2) is 16.5 Å². The number of rotatable bonds is 3. The van der Waals surface area contributed by atoms with Gasteiger partial charge in [0.1, 0.15) is 5.70 Å². The lowest BCUT2D eigenvalue weighted by atomic mass is 10.2. The summed E-state index contributed by atoms with van der Waals surface area (Å²) in [6, 6.07) is 19.5. The van der Waals surface area contributed by atoms with Crippen LogP contribution in [0.25, 0.3) is 11.8 Å². The molecule has 1 saturated heterocycles. The van der Waals surface area contributed by atoms with Crippen molar-refractivity contribution >= 4 is 35.3 Å². The molecular formula is C20H14ClN3O2. The highest BCUT2D eigenvalue weighted by Gasteiger charge is 2.34. The van der Waals surface area contributed by atoms with Crippen LogP contribution in [0, 0.1) is 0 Å². The van der Waals surface area contributed by atoms with E-state index in [-0.39, 0.29) is 11.6 Å². The van der Waals surface area contributed by atoms with Crippen LogP contribution in [0.3, 0.4) is 0 Å². The molecule has 0 radical (unpaired) electrons. The molecule has 1 aromatic heterocycles. The first-order chi connectivity index (χ1) is 12.6. The molecule has 26 heavy (non-hydrogen) atoms. The van der Waals surface area contributed by atoms with E-state index < -0.39 is 6.03 Å². The summed E-state index contributed by atoms with van der Waals surface area (Å²) in [4.78, 5) is 26.1. The maximum Gasteiger partial charge on any atom is 0.333 e. The third-order valence-electron chi connectivity index (χ3n) is 4.07. The van der Waals surface area contributed by atoms with E-state index in [1.807, 2.05) is 41.1 Å². The molecule has 1 N–H and O–H groups in total. The summed E-state index contributed by atoms with van der Waals surface area (Å²) in [5, 5.41) is 3.29. The van der Waals surface area contributed by atoms with Crippen molar-refractivity contribution in [1.82, 2.24) is 9.88 Å². The fourth-order valence-corrected chi connectivity index (χ4v) is 2.97. The highest BCUT2D eigenvalue weighted by atomic mass is 35.5. The lowest BCUT2D eigenvalue weighted by Gasteiger charge is -2.11. The smallest absolute Gasteiger partial charge is 0.317 e. The van der Waals surface area contributed by atoms with Gasteiger partial charge in [-0.15, -0.1) is 0 Å². The largest absolute Gasteiger partial charge is 0.333 e. The lowest BCUT2D eigenvalue weighted by Crippen LogP contribution is -2.30. The predicted octanol–water partition coefficient (Wildman–Crippen LogP) is 4.23. The zero-order chi connectivity index (χ0) is 18.1. The topological polar surface area (TPSA) is 54.3 Å². The molecule has 0 saturated carbocycles. The molecule has 0 spiro atoms. The average molecular weight is 364 g/mol. The Morgan fingerprint density at radius 3 is 2.31 bits per heavy atom. The molecule has 0 aliphatic carbocycles. The summed E-state index contributed by atoms with van der Waals surface area (Å²) in [5.74, 6) is -0.384. The Balaban J connectivity index is 1.68. The number of nitrogens with one attached hydrogen (secondary N) is 1. The van der Waals surface area contributed by atoms with Crippen molar-refractivity contribution in [3.8, 4) is 5.69 Å². The fraction of sp³-hybridized carbons (Fsp3) is 0. The van der Waals surface area contributed by atoms with Crippen LogP contribution >= 0.6 is 11.6 Å². The summed E-state index contributed by atoms with van der Waals surface area (Å²) in [6.07, 6.45) is 3.55. The molecule has 2 heterocycles. The zero-order valence-electron chi connectivity index (χ0n) is 13.6. The molecule has 6 heteroatoms. The second-order valence-corrected chi connectivity index (χ2v) is 6.18. The van der Waals surface area contributed by atoms with Gasteiger partial charge >= 0.3 is 6.03 Å². The number of nitrogens with zero attached hydrogens (tertiary/aromatic N) is 2. The lowest BCUT2D eigenvalue weighted by molar-refractivity contribution is -0.113. The molecule has 3 aromatic rings. The molecule has 0 unspecified atom stereocenters. The average Bonchev–Trinajstić information content (AvgIpc) is 3.21. The molecule has 0 bridgehead atoms. The number of carbonyl (C=O) groups is 2. The Morgan fingerprint density at radius 1 is 0.846 bits per heavy atom. The van der Waals surface area contributed by atoms with Crippen molar-refractivity contribution in [1.29, 1.82) is 0 Å². The van der Waals surface area contributed by atoms with Gasteiger partial charge in [0.05, 0.1) is 5.69 Å². The molecule has 3 amide bonds. The van der Waals surface area contributed by atoms with Crippen LogP contribution in [-0.2, 0) is 4.79 Å². The number of urea groups is 1. The first kappa shape index (κ1) is 16.2. The minimum absolute atomic E-state index is 0.229. The summed E-state index contributed by atoms with van der Waals surface area (Å²) in [5.41, 5.74) is 2.44. The number of hydrogen-bond acceptors (Lipinski definition) is 2. The van der Waals surface area contributed by atoms with Crippen LogP contribution in [0.2, 0.25) is 5.02 Å². The highest BCUT2D eigenvalue weighted by Crippen LogP contribution is 2.23. The van der Waals surface area contributed by atoms with Gasteiger partial charge in [-0.1, -0.05) is 29.8 Å². The molecule has 2 aromatic carbocycles.